The molecule has 1 aliphatic heterocycles. The molecule has 2 aliphatic rings. The van der Waals surface area contributed by atoms with Gasteiger partial charge in [0.15, 0.2) is 0 Å². The number of nitrogens with two attached hydrogens (primary N) is 1. The Hall–Kier alpha value is -1.33. The Balaban J connectivity index is 2.04. The van der Waals surface area contributed by atoms with E-state index < -0.39 is 7.12 Å². The van der Waals surface area contributed by atoms with Crippen molar-refractivity contribution in [2.24, 2.45) is 5.73 Å². The summed E-state index contributed by atoms with van der Waals surface area (Å²) in [7, 11) is -0.440. The normalized spacial score (nSPS) is 23.3. The van der Waals surface area contributed by atoms with Crippen molar-refractivity contribution in [3.63, 3.8) is 0 Å². The molecule has 0 bridgehead atoms. The Morgan fingerprint density at radius 3 is 2.24 bits per heavy atom. The van der Waals surface area contributed by atoms with Gasteiger partial charge in [0, 0.05) is 5.56 Å². The minimum Gasteiger partial charge on any atom is -0.399 e. The maximum Gasteiger partial charge on any atom is 0.495 e. The zero-order chi connectivity index (χ0) is 15.4. The van der Waals surface area contributed by atoms with Crippen molar-refractivity contribution < 1.29 is 14.1 Å². The van der Waals surface area contributed by atoms with Crippen molar-refractivity contribution in [1.82, 2.24) is 0 Å². The third kappa shape index (κ3) is 2.38. The summed E-state index contributed by atoms with van der Waals surface area (Å²) in [6.45, 7) is 8.12. The molecule has 21 heavy (non-hydrogen) atoms. The molecule has 5 heteroatoms. The molecule has 1 saturated heterocycles. The van der Waals surface area contributed by atoms with Gasteiger partial charge in [-0.1, -0.05) is 12.1 Å². The van der Waals surface area contributed by atoms with Crippen LogP contribution in [-0.2, 0) is 9.31 Å². The van der Waals surface area contributed by atoms with Crippen molar-refractivity contribution in [3.8, 4) is 0 Å². The van der Waals surface area contributed by atoms with Gasteiger partial charge >= 0.3 is 7.12 Å². The van der Waals surface area contributed by atoms with E-state index in [4.69, 9.17) is 15.0 Å². The van der Waals surface area contributed by atoms with Crippen LogP contribution in [0.5, 0.6) is 0 Å². The van der Waals surface area contributed by atoms with Gasteiger partial charge in [0.2, 0.25) is 5.91 Å². The Bertz CT molecular complexity index is 577. The maximum atomic E-state index is 11.7. The van der Waals surface area contributed by atoms with E-state index in [0.717, 1.165) is 23.9 Å². The van der Waals surface area contributed by atoms with Gasteiger partial charge < -0.3 is 15.0 Å². The SMILES string of the molecule is CC1(C)OB(c2cccc(C(N)=O)c2C2CC2)OC1(C)C. The number of carbonyl (C=O) groups excluding carboxylic acids is 1. The average molecular weight is 287 g/mol. The summed E-state index contributed by atoms with van der Waals surface area (Å²) in [6.07, 6.45) is 2.19. The smallest absolute Gasteiger partial charge is 0.399 e. The van der Waals surface area contributed by atoms with Gasteiger partial charge in [0.05, 0.1) is 11.2 Å². The number of carbonyl (C=O) groups is 1. The number of hydrogen-bond donors (Lipinski definition) is 1. The van der Waals surface area contributed by atoms with Gasteiger partial charge in [0.25, 0.3) is 0 Å². The summed E-state index contributed by atoms with van der Waals surface area (Å²) in [5.41, 5.74) is 7.33. The number of rotatable bonds is 3. The third-order valence-corrected chi connectivity index (χ3v) is 4.90. The molecule has 1 amide bonds. The van der Waals surface area contributed by atoms with Crippen LogP contribution < -0.4 is 11.2 Å². The molecule has 2 N–H and O–H groups in total. The molecular formula is C16H22BNO3. The lowest BCUT2D eigenvalue weighted by molar-refractivity contribution is 0.00578. The van der Waals surface area contributed by atoms with E-state index in [9.17, 15) is 4.79 Å². The molecule has 1 heterocycles. The van der Waals surface area contributed by atoms with Gasteiger partial charge in [-0.25, -0.2) is 0 Å². The van der Waals surface area contributed by atoms with Crippen LogP contribution in [0, 0.1) is 0 Å². The number of hydrogen-bond acceptors (Lipinski definition) is 3. The molecule has 1 saturated carbocycles. The van der Waals surface area contributed by atoms with E-state index in [0.29, 0.717) is 11.5 Å². The van der Waals surface area contributed by atoms with Gasteiger partial charge in [-0.2, -0.15) is 0 Å². The van der Waals surface area contributed by atoms with E-state index >= 15 is 0 Å². The lowest BCUT2D eigenvalue weighted by atomic mass is 9.73. The van der Waals surface area contributed by atoms with Gasteiger partial charge in [-0.3, -0.25) is 4.79 Å². The van der Waals surface area contributed by atoms with Crippen molar-refractivity contribution in [1.29, 1.82) is 0 Å². The topological polar surface area (TPSA) is 61.5 Å². The Morgan fingerprint density at radius 2 is 1.76 bits per heavy atom. The van der Waals surface area contributed by atoms with Crippen molar-refractivity contribution >= 4 is 18.5 Å². The first-order valence-electron chi connectivity index (χ1n) is 7.51. The third-order valence-electron chi connectivity index (χ3n) is 4.90. The first kappa shape index (κ1) is 14.6. The fourth-order valence-electron chi connectivity index (χ4n) is 2.80. The second-order valence-corrected chi connectivity index (χ2v) is 7.04. The highest BCUT2D eigenvalue weighted by Crippen LogP contribution is 2.43. The van der Waals surface area contributed by atoms with Crippen molar-refractivity contribution in [3.05, 3.63) is 29.3 Å². The van der Waals surface area contributed by atoms with Crippen molar-refractivity contribution in [2.75, 3.05) is 0 Å². The molecule has 112 valence electrons. The largest absolute Gasteiger partial charge is 0.495 e. The number of primary amides is 1. The fraction of sp³-hybridized carbons (Fsp3) is 0.562. The predicted molar refractivity (Wildman–Crippen MR) is 82.7 cm³/mol. The monoisotopic (exact) mass is 287 g/mol. The summed E-state index contributed by atoms with van der Waals surface area (Å²) in [6, 6.07) is 5.64. The van der Waals surface area contributed by atoms with Crippen LogP contribution in [0.15, 0.2) is 18.2 Å². The Labute approximate surface area is 126 Å². The number of benzene rings is 1. The van der Waals surface area contributed by atoms with Gasteiger partial charge in [-0.15, -0.1) is 0 Å². The first-order chi connectivity index (χ1) is 9.73. The molecular weight excluding hydrogens is 265 g/mol. The second kappa shape index (κ2) is 4.58. The summed E-state index contributed by atoms with van der Waals surface area (Å²) in [5.74, 6) is 0.0259. The fourth-order valence-corrected chi connectivity index (χ4v) is 2.80. The summed E-state index contributed by atoms with van der Waals surface area (Å²) in [5, 5.41) is 0. The molecule has 1 aromatic carbocycles. The molecule has 3 rings (SSSR count). The quantitative estimate of drug-likeness (QED) is 0.864. The standard InChI is InChI=1S/C16H22BNO3/c1-15(2)16(3,4)21-17(20-15)12-7-5-6-11(14(18)19)13(12)10-8-9-10/h5-7,10H,8-9H2,1-4H3,(H2,18,19). The van der Waals surface area contributed by atoms with Crippen LogP contribution in [0.4, 0.5) is 0 Å². The van der Waals surface area contributed by atoms with Gasteiger partial charge in [-0.05, 0) is 63.5 Å². The molecule has 0 spiro atoms. The van der Waals surface area contributed by atoms with Crippen LogP contribution >= 0.6 is 0 Å². The zero-order valence-corrected chi connectivity index (χ0v) is 13.1. The van der Waals surface area contributed by atoms with Crippen LogP contribution in [0.1, 0.15) is 62.4 Å². The van der Waals surface area contributed by atoms with Crippen LogP contribution in [0.25, 0.3) is 0 Å². The van der Waals surface area contributed by atoms with Crippen LogP contribution in [0.3, 0.4) is 0 Å². The molecule has 0 radical (unpaired) electrons. The lowest BCUT2D eigenvalue weighted by Crippen LogP contribution is -2.41. The minimum atomic E-state index is -0.440. The zero-order valence-electron chi connectivity index (χ0n) is 13.1. The molecule has 1 aromatic rings. The summed E-state index contributed by atoms with van der Waals surface area (Å²) < 4.78 is 12.3. The first-order valence-corrected chi connectivity index (χ1v) is 7.51. The molecule has 4 nitrogen and oxygen atoms in total. The Kier molecular flexibility index (Phi) is 3.19. The second-order valence-electron chi connectivity index (χ2n) is 7.04. The van der Waals surface area contributed by atoms with E-state index in [2.05, 4.69) is 0 Å². The average Bonchev–Trinajstić information content (AvgIpc) is 3.17. The van der Waals surface area contributed by atoms with E-state index in [1.807, 2.05) is 39.8 Å². The van der Waals surface area contributed by atoms with Crippen LogP contribution in [-0.4, -0.2) is 24.2 Å². The lowest BCUT2D eigenvalue weighted by Gasteiger charge is -2.32. The highest BCUT2D eigenvalue weighted by molar-refractivity contribution is 6.62. The Morgan fingerprint density at radius 1 is 1.19 bits per heavy atom. The highest BCUT2D eigenvalue weighted by atomic mass is 16.7. The predicted octanol–water partition coefficient (Wildman–Crippen LogP) is 1.96. The minimum absolute atomic E-state index is 0.379. The van der Waals surface area contributed by atoms with Crippen LogP contribution in [0.2, 0.25) is 0 Å². The molecule has 1 aliphatic carbocycles. The molecule has 0 aromatic heterocycles. The molecule has 2 fully saturated rings. The number of amides is 1. The maximum absolute atomic E-state index is 11.7. The van der Waals surface area contributed by atoms with Gasteiger partial charge in [0.1, 0.15) is 0 Å². The van der Waals surface area contributed by atoms with E-state index in [1.165, 1.54) is 0 Å². The summed E-state index contributed by atoms with van der Waals surface area (Å²) in [4.78, 5) is 11.7. The van der Waals surface area contributed by atoms with E-state index in [1.54, 1.807) is 6.07 Å². The van der Waals surface area contributed by atoms with Crippen molar-refractivity contribution in [2.45, 2.75) is 57.7 Å². The summed E-state index contributed by atoms with van der Waals surface area (Å²) >= 11 is 0. The molecule has 0 atom stereocenters. The highest BCUT2D eigenvalue weighted by Gasteiger charge is 2.53. The van der Waals surface area contributed by atoms with E-state index in [-0.39, 0.29) is 17.1 Å². The molecule has 0 unspecified atom stereocenters.